The fourth-order valence-electron chi connectivity index (χ4n) is 2.34. The minimum atomic E-state index is -0.692. The molecule has 0 aliphatic carbocycles. The van der Waals surface area contributed by atoms with Gasteiger partial charge in [0.05, 0.1) is 18.6 Å². The van der Waals surface area contributed by atoms with Crippen LogP contribution >= 0.6 is 0 Å². The third-order valence-corrected chi connectivity index (χ3v) is 3.18. The van der Waals surface area contributed by atoms with Gasteiger partial charge in [0.1, 0.15) is 0 Å². The standard InChI is InChI=1S/C13H22O7/c1-7-11(19-8(2)14)12(20-9(3)15)10(6-18-7)13(16-4)17-5/h7,10-13H,6H2,1-5H3/t7-,10+,11-,12-/m1/s1. The quantitative estimate of drug-likeness (QED) is 0.539. The van der Waals surface area contributed by atoms with Crippen LogP contribution in [0.1, 0.15) is 20.8 Å². The molecule has 0 N–H and O–H groups in total. The van der Waals surface area contributed by atoms with Gasteiger partial charge in [-0.25, -0.2) is 0 Å². The van der Waals surface area contributed by atoms with E-state index in [1.54, 1.807) is 6.92 Å². The molecule has 1 rings (SSSR count). The predicted octanol–water partition coefficient (Wildman–Crippen LogP) is 0.504. The molecule has 0 unspecified atom stereocenters. The number of hydrogen-bond donors (Lipinski definition) is 0. The Labute approximate surface area is 118 Å². The summed E-state index contributed by atoms with van der Waals surface area (Å²) < 4.78 is 26.5. The molecule has 1 aliphatic heterocycles. The van der Waals surface area contributed by atoms with Crippen LogP contribution in [0, 0.1) is 5.92 Å². The number of esters is 2. The molecular weight excluding hydrogens is 268 g/mol. The van der Waals surface area contributed by atoms with Gasteiger partial charge in [-0.05, 0) is 6.92 Å². The van der Waals surface area contributed by atoms with Crippen LogP contribution in [-0.2, 0) is 33.3 Å². The van der Waals surface area contributed by atoms with Crippen LogP contribution in [0.25, 0.3) is 0 Å². The van der Waals surface area contributed by atoms with E-state index in [1.807, 2.05) is 0 Å². The summed E-state index contributed by atoms with van der Waals surface area (Å²) in [6, 6.07) is 0. The highest BCUT2D eigenvalue weighted by atomic mass is 16.7. The molecule has 0 amide bonds. The summed E-state index contributed by atoms with van der Waals surface area (Å²) in [4.78, 5) is 22.5. The van der Waals surface area contributed by atoms with Crippen LogP contribution in [0.5, 0.6) is 0 Å². The third-order valence-electron chi connectivity index (χ3n) is 3.18. The summed E-state index contributed by atoms with van der Waals surface area (Å²) in [7, 11) is 2.97. The smallest absolute Gasteiger partial charge is 0.303 e. The molecule has 4 atom stereocenters. The minimum absolute atomic E-state index is 0.281. The molecule has 7 nitrogen and oxygen atoms in total. The Morgan fingerprint density at radius 3 is 2.00 bits per heavy atom. The summed E-state index contributed by atoms with van der Waals surface area (Å²) in [6.45, 7) is 4.64. The molecule has 0 bridgehead atoms. The van der Waals surface area contributed by atoms with Gasteiger partial charge < -0.3 is 23.7 Å². The van der Waals surface area contributed by atoms with Gasteiger partial charge in [-0.2, -0.15) is 0 Å². The Morgan fingerprint density at radius 1 is 1.05 bits per heavy atom. The Bertz CT molecular complexity index is 340. The highest BCUT2D eigenvalue weighted by Crippen LogP contribution is 2.29. The van der Waals surface area contributed by atoms with E-state index >= 15 is 0 Å². The van der Waals surface area contributed by atoms with Crippen molar-refractivity contribution >= 4 is 11.9 Å². The van der Waals surface area contributed by atoms with Gasteiger partial charge in [-0.3, -0.25) is 9.59 Å². The van der Waals surface area contributed by atoms with Gasteiger partial charge in [-0.1, -0.05) is 0 Å². The van der Waals surface area contributed by atoms with Crippen molar-refractivity contribution in [2.45, 2.75) is 45.4 Å². The molecule has 7 heteroatoms. The van der Waals surface area contributed by atoms with Crippen LogP contribution in [0.3, 0.4) is 0 Å². The second-order valence-electron chi connectivity index (χ2n) is 4.69. The van der Waals surface area contributed by atoms with E-state index in [0.717, 1.165) is 0 Å². The van der Waals surface area contributed by atoms with Gasteiger partial charge in [0.15, 0.2) is 18.5 Å². The highest BCUT2D eigenvalue weighted by molar-refractivity contribution is 5.67. The van der Waals surface area contributed by atoms with E-state index in [4.69, 9.17) is 23.7 Å². The van der Waals surface area contributed by atoms with Crippen molar-refractivity contribution in [3.05, 3.63) is 0 Å². The molecule has 1 saturated heterocycles. The second-order valence-corrected chi connectivity index (χ2v) is 4.69. The topological polar surface area (TPSA) is 80.3 Å². The zero-order valence-corrected chi connectivity index (χ0v) is 12.5. The van der Waals surface area contributed by atoms with Crippen LogP contribution in [0.15, 0.2) is 0 Å². The molecule has 0 radical (unpaired) electrons. The average molecular weight is 290 g/mol. The van der Waals surface area contributed by atoms with E-state index in [-0.39, 0.29) is 18.6 Å². The maximum Gasteiger partial charge on any atom is 0.303 e. The van der Waals surface area contributed by atoms with Gasteiger partial charge >= 0.3 is 11.9 Å². The van der Waals surface area contributed by atoms with Gasteiger partial charge in [0.2, 0.25) is 0 Å². The van der Waals surface area contributed by atoms with E-state index in [9.17, 15) is 9.59 Å². The fourth-order valence-corrected chi connectivity index (χ4v) is 2.34. The Morgan fingerprint density at radius 2 is 1.55 bits per heavy atom. The first-order chi connectivity index (χ1) is 9.40. The summed E-state index contributed by atoms with van der Waals surface area (Å²) in [5, 5.41) is 0. The molecule has 116 valence electrons. The van der Waals surface area contributed by atoms with Crippen molar-refractivity contribution in [3.8, 4) is 0 Å². The van der Waals surface area contributed by atoms with Crippen molar-refractivity contribution in [2.24, 2.45) is 5.92 Å². The zero-order valence-electron chi connectivity index (χ0n) is 12.5. The first-order valence-corrected chi connectivity index (χ1v) is 6.42. The van der Waals surface area contributed by atoms with E-state index < -0.39 is 30.4 Å². The van der Waals surface area contributed by atoms with Crippen molar-refractivity contribution in [2.75, 3.05) is 20.8 Å². The lowest BCUT2D eigenvalue weighted by atomic mass is 9.91. The van der Waals surface area contributed by atoms with Crippen LogP contribution in [0.4, 0.5) is 0 Å². The van der Waals surface area contributed by atoms with Gasteiger partial charge in [-0.15, -0.1) is 0 Å². The van der Waals surface area contributed by atoms with Crippen LogP contribution < -0.4 is 0 Å². The fraction of sp³-hybridized carbons (Fsp3) is 0.846. The Hall–Kier alpha value is -1.18. The Balaban J connectivity index is 2.97. The molecule has 1 heterocycles. The molecule has 1 fully saturated rings. The van der Waals surface area contributed by atoms with Crippen LogP contribution in [0.2, 0.25) is 0 Å². The largest absolute Gasteiger partial charge is 0.458 e. The van der Waals surface area contributed by atoms with Crippen molar-refractivity contribution in [3.63, 3.8) is 0 Å². The molecule has 0 aromatic carbocycles. The molecule has 1 aliphatic rings. The molecule has 20 heavy (non-hydrogen) atoms. The third kappa shape index (κ3) is 4.16. The van der Waals surface area contributed by atoms with Crippen LogP contribution in [-0.4, -0.2) is 57.4 Å². The van der Waals surface area contributed by atoms with Gasteiger partial charge in [0, 0.05) is 28.1 Å². The molecule has 0 aromatic rings. The maximum atomic E-state index is 11.3. The number of carbonyl (C=O) groups excluding carboxylic acids is 2. The first kappa shape index (κ1) is 16.9. The normalized spacial score (nSPS) is 30.1. The summed E-state index contributed by atoms with van der Waals surface area (Å²) in [5.74, 6) is -1.30. The Kier molecular flexibility index (Phi) is 6.38. The zero-order chi connectivity index (χ0) is 15.3. The predicted molar refractivity (Wildman–Crippen MR) is 67.8 cm³/mol. The number of hydrogen-bond acceptors (Lipinski definition) is 7. The number of methoxy groups -OCH3 is 2. The van der Waals surface area contributed by atoms with Crippen molar-refractivity contribution in [1.82, 2.24) is 0 Å². The van der Waals surface area contributed by atoms with E-state index in [1.165, 1.54) is 28.1 Å². The maximum absolute atomic E-state index is 11.3. The molecule has 0 saturated carbocycles. The minimum Gasteiger partial charge on any atom is -0.458 e. The average Bonchev–Trinajstić information content (AvgIpc) is 2.36. The molecule has 0 spiro atoms. The molecular formula is C13H22O7. The van der Waals surface area contributed by atoms with Crippen molar-refractivity contribution in [1.29, 1.82) is 0 Å². The summed E-state index contributed by atoms with van der Waals surface area (Å²) in [6.07, 6.45) is -2.37. The van der Waals surface area contributed by atoms with Gasteiger partial charge in [0.25, 0.3) is 0 Å². The number of carbonyl (C=O) groups is 2. The lowest BCUT2D eigenvalue weighted by Gasteiger charge is -2.42. The first-order valence-electron chi connectivity index (χ1n) is 6.42. The monoisotopic (exact) mass is 290 g/mol. The highest BCUT2D eigenvalue weighted by Gasteiger charge is 2.46. The summed E-state index contributed by atoms with van der Waals surface area (Å²) in [5.41, 5.74) is 0. The van der Waals surface area contributed by atoms with E-state index in [0.29, 0.717) is 0 Å². The van der Waals surface area contributed by atoms with Crippen molar-refractivity contribution < 1.29 is 33.3 Å². The molecule has 0 aromatic heterocycles. The number of rotatable bonds is 5. The summed E-state index contributed by atoms with van der Waals surface area (Å²) >= 11 is 0. The number of ether oxygens (including phenoxy) is 5. The lowest BCUT2D eigenvalue weighted by Crippen LogP contribution is -2.56. The lowest BCUT2D eigenvalue weighted by molar-refractivity contribution is -0.245. The second kappa shape index (κ2) is 7.56. The SMILES string of the molecule is COC(OC)[C@H]1CO[C@H](C)[C@@H](OC(C)=O)[C@@H]1OC(C)=O. The van der Waals surface area contributed by atoms with E-state index in [2.05, 4.69) is 0 Å².